The molecule has 0 saturated carbocycles. The topological polar surface area (TPSA) is 72.3 Å². The van der Waals surface area contributed by atoms with Gasteiger partial charge in [0.1, 0.15) is 22.9 Å². The van der Waals surface area contributed by atoms with Crippen LogP contribution < -0.4 is 5.73 Å². The van der Waals surface area contributed by atoms with Gasteiger partial charge in [-0.3, -0.25) is 0 Å². The average molecular weight is 244 g/mol. The monoisotopic (exact) mass is 244 g/mol. The number of nitrogen functional groups attached to an aromatic ring is 1. The highest BCUT2D eigenvalue weighted by Crippen LogP contribution is 2.30. The molecule has 0 aliphatic heterocycles. The average Bonchev–Trinajstić information content (AvgIpc) is 2.71. The molecule has 0 radical (unpaired) electrons. The molecule has 0 aliphatic carbocycles. The minimum atomic E-state index is -0.682. The fourth-order valence-electron chi connectivity index (χ4n) is 1.80. The summed E-state index contributed by atoms with van der Waals surface area (Å²) in [6, 6.07) is 9.33. The van der Waals surface area contributed by atoms with Crippen LogP contribution in [0.4, 0.5) is 10.2 Å². The zero-order valence-corrected chi connectivity index (χ0v) is 9.22. The summed E-state index contributed by atoms with van der Waals surface area (Å²) in [5.41, 5.74) is 6.19. The molecule has 90 valence electrons. The van der Waals surface area contributed by atoms with Crippen molar-refractivity contribution in [3.8, 4) is 17.1 Å². The number of phenols is 1. The minimum absolute atomic E-state index is 0.116. The van der Waals surface area contributed by atoms with Crippen molar-refractivity contribution in [1.29, 1.82) is 0 Å². The Bertz CT molecular complexity index is 737. The highest BCUT2D eigenvalue weighted by molar-refractivity contribution is 5.84. The van der Waals surface area contributed by atoms with Gasteiger partial charge < -0.3 is 15.3 Å². The first-order chi connectivity index (χ1) is 8.63. The molecular formula is C13H9FN2O2. The van der Waals surface area contributed by atoms with Crippen LogP contribution in [0, 0.1) is 5.95 Å². The maximum atomic E-state index is 13.6. The summed E-state index contributed by atoms with van der Waals surface area (Å²) in [5.74, 6) is -0.0883. The van der Waals surface area contributed by atoms with Crippen LogP contribution in [-0.2, 0) is 0 Å². The Kier molecular flexibility index (Phi) is 2.19. The molecule has 18 heavy (non-hydrogen) atoms. The third kappa shape index (κ3) is 1.66. The van der Waals surface area contributed by atoms with Crippen LogP contribution in [0.25, 0.3) is 22.3 Å². The lowest BCUT2D eigenvalue weighted by Crippen LogP contribution is -1.94. The number of halogens is 1. The Morgan fingerprint density at radius 3 is 2.78 bits per heavy atom. The lowest BCUT2D eigenvalue weighted by molar-refractivity contribution is 0.476. The van der Waals surface area contributed by atoms with E-state index in [9.17, 15) is 9.50 Å². The van der Waals surface area contributed by atoms with E-state index in [1.165, 1.54) is 18.2 Å². The molecule has 0 amide bonds. The largest absolute Gasteiger partial charge is 0.508 e. The maximum Gasteiger partial charge on any atom is 0.225 e. The number of hydrogen-bond donors (Lipinski definition) is 2. The second kappa shape index (κ2) is 3.73. The van der Waals surface area contributed by atoms with Gasteiger partial charge in [-0.05, 0) is 36.4 Å². The second-order valence-electron chi connectivity index (χ2n) is 3.91. The summed E-state index contributed by atoms with van der Waals surface area (Å²) in [4.78, 5) is 3.54. The van der Waals surface area contributed by atoms with Crippen molar-refractivity contribution >= 4 is 16.8 Å². The van der Waals surface area contributed by atoms with E-state index in [0.717, 1.165) is 0 Å². The summed E-state index contributed by atoms with van der Waals surface area (Å²) in [5, 5.41) is 10.1. The number of aromatic hydroxyl groups is 1. The molecular weight excluding hydrogens is 235 g/mol. The van der Waals surface area contributed by atoms with E-state index in [0.29, 0.717) is 16.7 Å². The van der Waals surface area contributed by atoms with Crippen molar-refractivity contribution in [3.05, 3.63) is 42.3 Å². The Hall–Kier alpha value is -2.56. The molecule has 0 spiro atoms. The van der Waals surface area contributed by atoms with Crippen molar-refractivity contribution in [2.75, 3.05) is 5.73 Å². The molecule has 0 bridgehead atoms. The van der Waals surface area contributed by atoms with Gasteiger partial charge in [-0.25, -0.2) is 4.98 Å². The van der Waals surface area contributed by atoms with Crippen molar-refractivity contribution < 1.29 is 13.9 Å². The fourth-order valence-corrected chi connectivity index (χ4v) is 1.80. The zero-order chi connectivity index (χ0) is 12.7. The summed E-state index contributed by atoms with van der Waals surface area (Å²) in [7, 11) is 0. The summed E-state index contributed by atoms with van der Waals surface area (Å²) in [6.07, 6.45) is 0. The molecule has 3 rings (SSSR count). The van der Waals surface area contributed by atoms with Gasteiger partial charge in [0, 0.05) is 5.39 Å². The van der Waals surface area contributed by atoms with Gasteiger partial charge in [0.05, 0.1) is 5.56 Å². The molecule has 4 nitrogen and oxygen atoms in total. The first kappa shape index (κ1) is 10.6. The van der Waals surface area contributed by atoms with E-state index >= 15 is 0 Å². The maximum absolute atomic E-state index is 13.6. The van der Waals surface area contributed by atoms with Gasteiger partial charge in [0.25, 0.3) is 0 Å². The Labute approximate surface area is 101 Å². The number of aromatic nitrogens is 1. The highest BCUT2D eigenvalue weighted by Gasteiger charge is 2.12. The van der Waals surface area contributed by atoms with Crippen molar-refractivity contribution in [2.45, 2.75) is 0 Å². The lowest BCUT2D eigenvalue weighted by Gasteiger charge is -1.98. The first-order valence-corrected chi connectivity index (χ1v) is 5.28. The van der Waals surface area contributed by atoms with Gasteiger partial charge in [0.15, 0.2) is 0 Å². The van der Waals surface area contributed by atoms with Gasteiger partial charge in [-0.1, -0.05) is 0 Å². The molecule has 3 N–H and O–H groups in total. The minimum Gasteiger partial charge on any atom is -0.508 e. The van der Waals surface area contributed by atoms with E-state index < -0.39 is 5.95 Å². The van der Waals surface area contributed by atoms with Crippen LogP contribution >= 0.6 is 0 Å². The highest BCUT2D eigenvalue weighted by atomic mass is 19.1. The molecule has 5 heteroatoms. The van der Waals surface area contributed by atoms with Gasteiger partial charge in [0.2, 0.25) is 5.95 Å². The number of benzene rings is 1. The van der Waals surface area contributed by atoms with Crippen molar-refractivity contribution in [1.82, 2.24) is 4.98 Å². The van der Waals surface area contributed by atoms with Crippen LogP contribution in [0.5, 0.6) is 5.75 Å². The number of nitrogens with zero attached hydrogens (tertiary/aromatic N) is 1. The van der Waals surface area contributed by atoms with E-state index in [-0.39, 0.29) is 17.1 Å². The summed E-state index contributed by atoms with van der Waals surface area (Å²) < 4.78 is 19.1. The molecule has 0 saturated heterocycles. The molecule has 2 heterocycles. The molecule has 0 unspecified atom stereocenters. The number of fused-ring (bicyclic) bond motifs is 1. The molecule has 0 atom stereocenters. The number of pyridine rings is 1. The van der Waals surface area contributed by atoms with E-state index in [4.69, 9.17) is 10.2 Å². The van der Waals surface area contributed by atoms with Crippen LogP contribution in [0.1, 0.15) is 0 Å². The zero-order valence-electron chi connectivity index (χ0n) is 9.22. The Balaban J connectivity index is 2.19. The normalized spacial score (nSPS) is 10.9. The fraction of sp³-hybridized carbons (Fsp3) is 0. The smallest absolute Gasteiger partial charge is 0.225 e. The molecule has 3 aromatic rings. The second-order valence-corrected chi connectivity index (χ2v) is 3.91. The van der Waals surface area contributed by atoms with E-state index in [1.807, 2.05) is 0 Å². The van der Waals surface area contributed by atoms with Crippen molar-refractivity contribution in [3.63, 3.8) is 0 Å². The van der Waals surface area contributed by atoms with Gasteiger partial charge in [-0.15, -0.1) is 0 Å². The van der Waals surface area contributed by atoms with Crippen LogP contribution in [-0.4, -0.2) is 10.1 Å². The Morgan fingerprint density at radius 1 is 1.17 bits per heavy atom. The predicted molar refractivity (Wildman–Crippen MR) is 65.5 cm³/mol. The molecule has 1 aromatic carbocycles. The van der Waals surface area contributed by atoms with Gasteiger partial charge >= 0.3 is 0 Å². The van der Waals surface area contributed by atoms with Crippen LogP contribution in [0.2, 0.25) is 0 Å². The molecule has 0 aliphatic rings. The number of anilines is 1. The number of phenolic OH excluding ortho intramolecular Hbond substituents is 1. The Morgan fingerprint density at radius 2 is 2.00 bits per heavy atom. The quantitative estimate of drug-likeness (QED) is 0.645. The first-order valence-electron chi connectivity index (χ1n) is 5.28. The van der Waals surface area contributed by atoms with E-state index in [1.54, 1.807) is 18.2 Å². The third-order valence-corrected chi connectivity index (χ3v) is 2.64. The SMILES string of the molecule is Nc1ccc(-c2cc3cc(O)ccc3o2)c(F)n1. The van der Waals surface area contributed by atoms with Crippen molar-refractivity contribution in [2.24, 2.45) is 0 Å². The van der Waals surface area contributed by atoms with Crippen LogP contribution in [0.15, 0.2) is 40.8 Å². The number of rotatable bonds is 1. The predicted octanol–water partition coefficient (Wildman–Crippen LogP) is 2.92. The molecule has 0 fully saturated rings. The number of hydrogen-bond acceptors (Lipinski definition) is 4. The molecule has 2 aromatic heterocycles. The number of furan rings is 1. The standard InChI is InChI=1S/C13H9FN2O2/c14-13-9(2-4-12(15)16-13)11-6-7-5-8(17)1-3-10(7)18-11/h1-6,17H,(H2,15,16). The third-order valence-electron chi connectivity index (χ3n) is 2.64. The van der Waals surface area contributed by atoms with Crippen LogP contribution in [0.3, 0.4) is 0 Å². The summed E-state index contributed by atoms with van der Waals surface area (Å²) in [6.45, 7) is 0. The lowest BCUT2D eigenvalue weighted by atomic mass is 10.2. The number of nitrogens with two attached hydrogens (primary N) is 1. The van der Waals surface area contributed by atoms with Gasteiger partial charge in [-0.2, -0.15) is 4.39 Å². The summed E-state index contributed by atoms with van der Waals surface area (Å²) >= 11 is 0. The van der Waals surface area contributed by atoms with E-state index in [2.05, 4.69) is 4.98 Å².